The second-order valence-electron chi connectivity index (χ2n) is 7.86. The third-order valence-electron chi connectivity index (χ3n) is 6.11. The minimum absolute atomic E-state index is 0.0436. The van der Waals surface area contributed by atoms with Gasteiger partial charge in [-0.15, -0.1) is 0 Å². The van der Waals surface area contributed by atoms with Crippen LogP contribution in [0.5, 0.6) is 23.0 Å². The van der Waals surface area contributed by atoms with Crippen LogP contribution in [0.1, 0.15) is 20.7 Å². The Hall–Kier alpha value is -2.86. The summed E-state index contributed by atoms with van der Waals surface area (Å²) in [7, 11) is 4.81. The van der Waals surface area contributed by atoms with Crippen molar-refractivity contribution in [3.05, 3.63) is 52.5 Å². The Morgan fingerprint density at radius 1 is 1.06 bits per heavy atom. The van der Waals surface area contributed by atoms with Crippen LogP contribution in [0.2, 0.25) is 0 Å². The number of hydrogen-bond acceptors (Lipinski definition) is 5. The van der Waals surface area contributed by atoms with Gasteiger partial charge in [0.2, 0.25) is 0 Å². The van der Waals surface area contributed by atoms with Crippen LogP contribution in [0.4, 0.5) is 5.69 Å². The molecule has 0 fully saturated rings. The van der Waals surface area contributed by atoms with Crippen LogP contribution in [0, 0.1) is 0 Å². The molecule has 170 valence electrons. The van der Waals surface area contributed by atoms with Gasteiger partial charge in [0.1, 0.15) is 0 Å². The van der Waals surface area contributed by atoms with Crippen molar-refractivity contribution in [1.82, 2.24) is 0 Å². The maximum atomic E-state index is 13.7. The van der Waals surface area contributed by atoms with Gasteiger partial charge in [-0.25, -0.2) is 0 Å². The molecule has 8 heteroatoms. The van der Waals surface area contributed by atoms with E-state index in [1.165, 1.54) is 0 Å². The van der Waals surface area contributed by atoms with Gasteiger partial charge in [0, 0.05) is 0 Å². The average Bonchev–Trinajstić information content (AvgIpc) is 3.43. The number of amides is 1. The number of nitrogens with zero attached hydrogens (tertiary/aromatic N) is 1. The van der Waals surface area contributed by atoms with E-state index in [-0.39, 0.29) is 32.1 Å². The minimum atomic E-state index is -0.173. The first-order valence-electron chi connectivity index (χ1n) is 10.4. The van der Waals surface area contributed by atoms with Gasteiger partial charge in [-0.05, 0) is 0 Å². The van der Waals surface area contributed by atoms with Crippen molar-refractivity contribution in [3.8, 4) is 23.0 Å². The summed E-state index contributed by atoms with van der Waals surface area (Å²) in [5.74, 6) is 2.36. The fourth-order valence-corrected chi connectivity index (χ4v) is 6.90. The Morgan fingerprint density at radius 3 is 2.52 bits per heavy atom. The zero-order chi connectivity index (χ0) is 23.3. The molecule has 0 spiro atoms. The number of fused-ring (bicyclic) bond motifs is 4. The molecule has 1 atom stereocenters. The van der Waals surface area contributed by atoms with E-state index in [0.717, 1.165) is 30.4 Å². The summed E-state index contributed by atoms with van der Waals surface area (Å²) in [6, 6.07) is 13.0. The summed E-state index contributed by atoms with van der Waals surface area (Å²) >= 11 is 6.18. The van der Waals surface area contributed by atoms with Crippen molar-refractivity contribution in [3.63, 3.8) is 0 Å². The van der Waals surface area contributed by atoms with E-state index in [0.29, 0.717) is 35.4 Å². The van der Waals surface area contributed by atoms with E-state index >= 15 is 0 Å². The number of benzene rings is 3. The predicted octanol–water partition coefficient (Wildman–Crippen LogP) is 4.76. The second-order valence-corrected chi connectivity index (χ2v) is 10.4. The van der Waals surface area contributed by atoms with E-state index in [1.54, 1.807) is 32.3 Å². The summed E-state index contributed by atoms with van der Waals surface area (Å²) in [5.41, 5.74) is 1.67. The molecule has 3 aromatic carbocycles. The molecule has 0 saturated heterocycles. The first-order valence-corrected chi connectivity index (χ1v) is 12.6. The Labute approximate surface area is 202 Å². The number of rotatable bonds is 5. The maximum absolute atomic E-state index is 13.7. The van der Waals surface area contributed by atoms with E-state index in [9.17, 15) is 9.90 Å². The van der Waals surface area contributed by atoms with Crippen LogP contribution in [-0.2, 0) is 0 Å². The molecule has 0 unspecified atom stereocenters. The molecular formula is C25H22ClNO5Se. The zero-order valence-electron chi connectivity index (χ0n) is 18.3. The quantitative estimate of drug-likeness (QED) is 0.298. The monoisotopic (exact) mass is 531 g/mol. The molecule has 5 rings (SSSR count). The number of hydrogen-bond donors (Lipinski definition) is 1. The van der Waals surface area contributed by atoms with Gasteiger partial charge in [-0.1, -0.05) is 0 Å². The van der Waals surface area contributed by atoms with Crippen LogP contribution in [-0.4, -0.2) is 59.3 Å². The molecule has 33 heavy (non-hydrogen) atoms. The van der Waals surface area contributed by atoms with Crippen LogP contribution in [0.15, 0.2) is 42.5 Å². The number of ether oxygens (including phenoxy) is 3. The number of aromatic hydroxyl groups is 1. The number of alkyl halides is 1. The molecule has 4 aromatic rings. The summed E-state index contributed by atoms with van der Waals surface area (Å²) in [6.45, 7) is 0.462. The molecule has 1 N–H and O–H groups in total. The van der Waals surface area contributed by atoms with Gasteiger partial charge in [0.15, 0.2) is 0 Å². The topological polar surface area (TPSA) is 68.2 Å². The summed E-state index contributed by atoms with van der Waals surface area (Å²) in [4.78, 5) is 15.4. The van der Waals surface area contributed by atoms with Gasteiger partial charge in [-0.2, -0.15) is 0 Å². The van der Waals surface area contributed by atoms with Crippen molar-refractivity contribution in [2.24, 2.45) is 0 Å². The number of phenolic OH excluding ortho intramolecular Hbond substituents is 1. The number of phenols is 1. The molecular weight excluding hydrogens is 509 g/mol. The fraction of sp³-hybridized carbons (Fsp3) is 0.240. The molecule has 1 aromatic heterocycles. The third kappa shape index (κ3) is 3.52. The van der Waals surface area contributed by atoms with Crippen LogP contribution >= 0.6 is 11.6 Å². The Balaban J connectivity index is 1.62. The molecule has 0 aliphatic carbocycles. The van der Waals surface area contributed by atoms with Crippen molar-refractivity contribution < 1.29 is 24.1 Å². The van der Waals surface area contributed by atoms with Gasteiger partial charge < -0.3 is 0 Å². The van der Waals surface area contributed by atoms with Crippen LogP contribution in [0.25, 0.3) is 20.4 Å². The average molecular weight is 531 g/mol. The number of methoxy groups -OCH3 is 3. The standard InChI is InChI=1S/C25H22ClNO5Se/c1-30-15-4-5-16-17(8-15)24-14(11-26)12-27(18(24)9-19(16)28)25(29)23-7-13-6-20(31-2)21(32-3)10-22(13)33-23/h4-10,14,28H,11-12H2,1-3H3/t14-/m1/s1. The normalized spacial score (nSPS) is 15.2. The van der Waals surface area contributed by atoms with E-state index in [2.05, 4.69) is 0 Å². The Morgan fingerprint density at radius 2 is 1.82 bits per heavy atom. The predicted molar refractivity (Wildman–Crippen MR) is 131 cm³/mol. The molecule has 0 bridgehead atoms. The summed E-state index contributed by atoms with van der Waals surface area (Å²) < 4.78 is 18.0. The molecule has 2 heterocycles. The van der Waals surface area contributed by atoms with Crippen molar-refractivity contribution in [1.29, 1.82) is 0 Å². The summed E-state index contributed by atoms with van der Waals surface area (Å²) in [6.07, 6.45) is 0. The number of halogens is 1. The van der Waals surface area contributed by atoms with E-state index in [1.807, 2.05) is 36.4 Å². The fourth-order valence-electron chi connectivity index (χ4n) is 4.50. The zero-order valence-corrected chi connectivity index (χ0v) is 20.8. The second kappa shape index (κ2) is 8.49. The third-order valence-corrected chi connectivity index (χ3v) is 8.76. The van der Waals surface area contributed by atoms with E-state index < -0.39 is 0 Å². The molecule has 0 radical (unpaired) electrons. The van der Waals surface area contributed by atoms with Crippen LogP contribution in [0.3, 0.4) is 0 Å². The molecule has 1 aliphatic rings. The molecule has 1 amide bonds. The van der Waals surface area contributed by atoms with Gasteiger partial charge in [0.25, 0.3) is 0 Å². The Bertz CT molecular complexity index is 1360. The van der Waals surface area contributed by atoms with Gasteiger partial charge >= 0.3 is 202 Å². The molecule has 0 saturated carbocycles. The van der Waals surface area contributed by atoms with Gasteiger partial charge in [-0.3, -0.25) is 0 Å². The first kappa shape index (κ1) is 22.0. The van der Waals surface area contributed by atoms with Crippen molar-refractivity contribution >= 4 is 58.1 Å². The molecule has 6 nitrogen and oxygen atoms in total. The Kier molecular flexibility index (Phi) is 5.65. The SMILES string of the molecule is COc1ccc2c(O)cc3c(c2c1)[C@H](CCl)CN3C(=O)c1cc2cc(OC)c(OC)cc2[se]1. The van der Waals surface area contributed by atoms with E-state index in [4.69, 9.17) is 25.8 Å². The first-order chi connectivity index (χ1) is 16.0. The number of carbonyl (C=O) groups excluding carboxylic acids is 1. The van der Waals surface area contributed by atoms with Crippen LogP contribution < -0.4 is 19.1 Å². The number of carbonyl (C=O) groups is 1. The summed E-state index contributed by atoms with van der Waals surface area (Å²) in [5, 5.41) is 13.3. The van der Waals surface area contributed by atoms with Crippen molar-refractivity contribution in [2.75, 3.05) is 38.7 Å². The van der Waals surface area contributed by atoms with Crippen molar-refractivity contribution in [2.45, 2.75) is 5.92 Å². The number of anilines is 1. The van der Waals surface area contributed by atoms with Gasteiger partial charge in [0.05, 0.1) is 0 Å². The molecule has 1 aliphatic heterocycles.